The number of hydrogen-bond donors (Lipinski definition) is 1. The fourth-order valence-electron chi connectivity index (χ4n) is 5.08. The molecule has 1 atom stereocenters. The van der Waals surface area contributed by atoms with Gasteiger partial charge >= 0.3 is 0 Å². The summed E-state index contributed by atoms with van der Waals surface area (Å²) in [5.74, 6) is -0.772. The van der Waals surface area contributed by atoms with Gasteiger partial charge in [-0.2, -0.15) is 0 Å². The lowest BCUT2D eigenvalue weighted by molar-refractivity contribution is -0.140. The van der Waals surface area contributed by atoms with Gasteiger partial charge in [0.25, 0.3) is 10.0 Å². The van der Waals surface area contributed by atoms with Crippen LogP contribution in [0.4, 0.5) is 5.69 Å². The number of amides is 2. The number of carbonyl (C=O) groups excluding carboxylic acids is 2. The van der Waals surface area contributed by atoms with Crippen molar-refractivity contribution < 1.29 is 18.0 Å². The number of carbonyl (C=O) groups is 2. The number of rotatable bonds is 12. The molecule has 0 saturated carbocycles. The summed E-state index contributed by atoms with van der Waals surface area (Å²) in [6.07, 6.45) is 0.276. The molecule has 0 aliphatic heterocycles. The summed E-state index contributed by atoms with van der Waals surface area (Å²) in [5.41, 5.74) is 5.73. The zero-order valence-electron chi connectivity index (χ0n) is 26.1. The zero-order chi connectivity index (χ0) is 31.9. The highest BCUT2D eigenvalue weighted by atomic mass is 32.2. The Balaban J connectivity index is 1.82. The van der Waals surface area contributed by atoms with Crippen LogP contribution < -0.4 is 9.62 Å². The fourth-order valence-corrected chi connectivity index (χ4v) is 6.55. The number of anilines is 1. The smallest absolute Gasteiger partial charge is 0.264 e. The van der Waals surface area contributed by atoms with Crippen LogP contribution in [-0.4, -0.2) is 44.3 Å². The number of sulfonamides is 1. The molecule has 4 aromatic carbocycles. The van der Waals surface area contributed by atoms with Crippen molar-refractivity contribution >= 4 is 27.5 Å². The Morgan fingerprint density at radius 1 is 0.750 bits per heavy atom. The molecule has 230 valence electrons. The van der Waals surface area contributed by atoms with Gasteiger partial charge in [0.05, 0.1) is 10.6 Å². The average molecular weight is 612 g/mol. The van der Waals surface area contributed by atoms with E-state index in [4.69, 9.17) is 0 Å². The van der Waals surface area contributed by atoms with Crippen molar-refractivity contribution in [3.63, 3.8) is 0 Å². The van der Waals surface area contributed by atoms with Gasteiger partial charge in [-0.15, -0.1) is 0 Å². The molecule has 0 aliphatic rings. The summed E-state index contributed by atoms with van der Waals surface area (Å²) >= 11 is 0. The van der Waals surface area contributed by atoms with Gasteiger partial charge in [-0.25, -0.2) is 8.42 Å². The fraction of sp³-hybridized carbons (Fsp3) is 0.278. The first-order valence-electron chi connectivity index (χ1n) is 14.8. The topological polar surface area (TPSA) is 86.8 Å². The molecule has 0 fully saturated rings. The van der Waals surface area contributed by atoms with E-state index in [0.29, 0.717) is 17.8 Å². The molecule has 0 saturated heterocycles. The van der Waals surface area contributed by atoms with Gasteiger partial charge < -0.3 is 10.2 Å². The summed E-state index contributed by atoms with van der Waals surface area (Å²) in [6.45, 7) is 9.48. The lowest BCUT2D eigenvalue weighted by atomic mass is 10.0. The second kappa shape index (κ2) is 14.4. The molecule has 0 aliphatic carbocycles. The molecule has 8 heteroatoms. The summed E-state index contributed by atoms with van der Waals surface area (Å²) in [4.78, 5) is 29.7. The van der Waals surface area contributed by atoms with Crippen molar-refractivity contribution in [3.05, 3.63) is 130 Å². The highest BCUT2D eigenvalue weighted by Crippen LogP contribution is 2.29. The quantitative estimate of drug-likeness (QED) is 0.216. The largest absolute Gasteiger partial charge is 0.355 e. The number of nitrogens with one attached hydrogen (secondary N) is 1. The van der Waals surface area contributed by atoms with Crippen molar-refractivity contribution in [3.8, 4) is 0 Å². The van der Waals surface area contributed by atoms with E-state index in [2.05, 4.69) is 5.32 Å². The second-order valence-electron chi connectivity index (χ2n) is 11.2. The molecule has 4 aromatic rings. The molecule has 7 nitrogen and oxygen atoms in total. The minimum atomic E-state index is -4.15. The Kier molecular flexibility index (Phi) is 10.6. The summed E-state index contributed by atoms with van der Waals surface area (Å²) in [7, 11) is -4.15. The minimum Gasteiger partial charge on any atom is -0.355 e. The van der Waals surface area contributed by atoms with Crippen molar-refractivity contribution in [1.82, 2.24) is 10.2 Å². The molecule has 0 spiro atoms. The van der Waals surface area contributed by atoms with Gasteiger partial charge in [-0.3, -0.25) is 13.9 Å². The third kappa shape index (κ3) is 7.94. The number of hydrogen-bond acceptors (Lipinski definition) is 4. The van der Waals surface area contributed by atoms with Gasteiger partial charge in [-0.05, 0) is 75.1 Å². The van der Waals surface area contributed by atoms with Crippen LogP contribution in [0.1, 0.15) is 40.3 Å². The van der Waals surface area contributed by atoms with E-state index in [1.165, 1.54) is 9.21 Å². The number of aryl methyl sites for hydroxylation is 4. The molecule has 0 aromatic heterocycles. The number of benzene rings is 4. The van der Waals surface area contributed by atoms with Crippen molar-refractivity contribution in [2.24, 2.45) is 0 Å². The third-order valence-corrected chi connectivity index (χ3v) is 9.39. The van der Waals surface area contributed by atoms with Gasteiger partial charge in [-0.1, -0.05) is 90.0 Å². The predicted octanol–water partition coefficient (Wildman–Crippen LogP) is 5.89. The highest BCUT2D eigenvalue weighted by Gasteiger charge is 2.35. The van der Waals surface area contributed by atoms with E-state index in [9.17, 15) is 18.0 Å². The highest BCUT2D eigenvalue weighted by molar-refractivity contribution is 7.92. The first-order valence-corrected chi connectivity index (χ1v) is 16.3. The Labute approximate surface area is 261 Å². The van der Waals surface area contributed by atoms with E-state index in [1.54, 1.807) is 30.3 Å². The molecular weight excluding hydrogens is 570 g/mol. The van der Waals surface area contributed by atoms with E-state index in [0.717, 1.165) is 27.8 Å². The van der Waals surface area contributed by atoms with Gasteiger partial charge in [0.15, 0.2) is 0 Å². The van der Waals surface area contributed by atoms with Crippen LogP contribution in [0.25, 0.3) is 0 Å². The molecule has 0 heterocycles. The van der Waals surface area contributed by atoms with E-state index < -0.39 is 28.5 Å². The Morgan fingerprint density at radius 3 is 1.95 bits per heavy atom. The first kappa shape index (κ1) is 32.5. The molecule has 2 amide bonds. The summed E-state index contributed by atoms with van der Waals surface area (Å²) < 4.78 is 29.7. The minimum absolute atomic E-state index is 0.0893. The van der Waals surface area contributed by atoms with Crippen LogP contribution in [0.15, 0.2) is 102 Å². The maximum absolute atomic E-state index is 14.5. The number of nitrogens with zero attached hydrogens (tertiary/aromatic N) is 2. The maximum atomic E-state index is 14.5. The lowest BCUT2D eigenvalue weighted by Crippen LogP contribution is -2.53. The molecule has 1 N–H and O–H groups in total. The second-order valence-corrected chi connectivity index (χ2v) is 13.1. The van der Waals surface area contributed by atoms with Crippen LogP contribution in [0.5, 0.6) is 0 Å². The molecule has 44 heavy (non-hydrogen) atoms. The molecular formula is C36H41N3O4S. The molecule has 4 rings (SSSR count). The van der Waals surface area contributed by atoms with Crippen LogP contribution in [0.3, 0.4) is 0 Å². The van der Waals surface area contributed by atoms with Crippen molar-refractivity contribution in [2.45, 2.75) is 58.5 Å². The zero-order valence-corrected chi connectivity index (χ0v) is 26.9. The van der Waals surface area contributed by atoms with Gasteiger partial charge in [0.2, 0.25) is 11.8 Å². The average Bonchev–Trinajstić information content (AvgIpc) is 3.00. The lowest BCUT2D eigenvalue weighted by Gasteiger charge is -2.34. The van der Waals surface area contributed by atoms with E-state index >= 15 is 0 Å². The van der Waals surface area contributed by atoms with Crippen molar-refractivity contribution in [2.75, 3.05) is 17.4 Å². The first-order chi connectivity index (χ1) is 21.0. The molecule has 0 unspecified atom stereocenters. The van der Waals surface area contributed by atoms with Gasteiger partial charge in [0.1, 0.15) is 12.6 Å². The Hall–Kier alpha value is -4.43. The monoisotopic (exact) mass is 611 g/mol. The summed E-state index contributed by atoms with van der Waals surface area (Å²) in [5, 5.41) is 2.89. The summed E-state index contributed by atoms with van der Waals surface area (Å²) in [6, 6.07) is 28.6. The van der Waals surface area contributed by atoms with E-state index in [1.807, 2.05) is 101 Å². The number of likely N-dealkylation sites (N-methyl/N-ethyl adjacent to an activating group) is 1. The van der Waals surface area contributed by atoms with Crippen molar-refractivity contribution in [1.29, 1.82) is 0 Å². The Bertz CT molecular complexity index is 1690. The van der Waals surface area contributed by atoms with Crippen LogP contribution in [0, 0.1) is 27.7 Å². The van der Waals surface area contributed by atoms with E-state index in [-0.39, 0.29) is 23.8 Å². The van der Waals surface area contributed by atoms with Gasteiger partial charge in [0, 0.05) is 19.5 Å². The van der Waals surface area contributed by atoms with Crippen LogP contribution in [-0.2, 0) is 32.6 Å². The third-order valence-electron chi connectivity index (χ3n) is 7.62. The SMILES string of the molecule is CCNC(=O)[C@H](Cc1ccccc1)N(Cc1ccc(C)cc1)C(=O)CN(c1cc(C)ccc1C)S(=O)(=O)c1ccc(C)cc1. The van der Waals surface area contributed by atoms with Crippen LogP contribution >= 0.6 is 0 Å². The standard InChI is InChI=1S/C36H41N3O4S/c1-6-37-36(41)34(23-30-10-8-7-9-11-30)38(24-31-18-13-26(2)14-19-31)35(40)25-39(33-22-28(4)12-17-29(33)5)44(42,43)32-20-15-27(3)16-21-32/h7-22,34H,6,23-25H2,1-5H3,(H,37,41)/t34-/m0/s1. The molecule has 0 radical (unpaired) electrons. The normalized spacial score (nSPS) is 11.9. The predicted molar refractivity (Wildman–Crippen MR) is 176 cm³/mol. The molecule has 0 bridgehead atoms. The maximum Gasteiger partial charge on any atom is 0.264 e. The van der Waals surface area contributed by atoms with Crippen LogP contribution in [0.2, 0.25) is 0 Å². The Morgan fingerprint density at radius 2 is 1.34 bits per heavy atom.